The minimum Gasteiger partial charge on any atom is -0.490 e. The maximum Gasteiger partial charge on any atom is 0.305 e. The second kappa shape index (κ2) is 11.3. The first-order valence-corrected chi connectivity index (χ1v) is 12.3. The predicted molar refractivity (Wildman–Crippen MR) is 139 cm³/mol. The maximum absolute atomic E-state index is 14.4. The number of benzene rings is 1. The van der Waals surface area contributed by atoms with Gasteiger partial charge >= 0.3 is 5.91 Å². The summed E-state index contributed by atoms with van der Waals surface area (Å²) in [6.45, 7) is 6.59. The van der Waals surface area contributed by atoms with Gasteiger partial charge in [0.05, 0.1) is 25.6 Å². The van der Waals surface area contributed by atoms with Gasteiger partial charge in [0.2, 0.25) is 5.88 Å². The molecule has 0 bridgehead atoms. The third-order valence-corrected chi connectivity index (χ3v) is 6.08. The molecule has 0 saturated heterocycles. The summed E-state index contributed by atoms with van der Waals surface area (Å²) in [7, 11) is 1.37. The van der Waals surface area contributed by atoms with Crippen molar-refractivity contribution in [2.24, 2.45) is 5.92 Å². The largest absolute Gasteiger partial charge is 0.490 e. The van der Waals surface area contributed by atoms with Crippen molar-refractivity contribution in [1.82, 2.24) is 24.9 Å². The summed E-state index contributed by atoms with van der Waals surface area (Å²) < 4.78 is 40.7. The smallest absolute Gasteiger partial charge is 0.305 e. The molecule has 3 aromatic heterocycles. The molecule has 1 aromatic carbocycles. The highest BCUT2D eigenvalue weighted by Crippen LogP contribution is 2.32. The summed E-state index contributed by atoms with van der Waals surface area (Å²) in [5, 5.41) is 9.65. The van der Waals surface area contributed by atoms with Gasteiger partial charge in [-0.1, -0.05) is 0 Å². The fourth-order valence-corrected chi connectivity index (χ4v) is 3.93. The summed E-state index contributed by atoms with van der Waals surface area (Å²) in [5.41, 5.74) is 1.61. The molecule has 1 aliphatic rings. The van der Waals surface area contributed by atoms with Crippen molar-refractivity contribution in [2.75, 3.05) is 25.6 Å². The van der Waals surface area contributed by atoms with Crippen LogP contribution in [0, 0.1) is 24.1 Å². The Morgan fingerprint density at radius 2 is 2.05 bits per heavy atom. The van der Waals surface area contributed by atoms with Crippen molar-refractivity contribution in [2.45, 2.75) is 19.4 Å². The third-order valence-electron chi connectivity index (χ3n) is 6.08. The molecule has 3 heterocycles. The number of anilines is 1. The normalized spacial score (nSPS) is 12.6. The van der Waals surface area contributed by atoms with Crippen molar-refractivity contribution in [3.63, 3.8) is 0 Å². The fraction of sp³-hybridized carbons (Fsp3) is 0.259. The molecule has 1 saturated carbocycles. The van der Waals surface area contributed by atoms with Crippen molar-refractivity contribution < 1.29 is 27.8 Å². The molecule has 1 aliphatic carbocycles. The summed E-state index contributed by atoms with van der Waals surface area (Å²) in [4.78, 5) is 36.3. The van der Waals surface area contributed by atoms with Gasteiger partial charge in [0.15, 0.2) is 23.0 Å². The van der Waals surface area contributed by atoms with E-state index in [1.165, 1.54) is 30.1 Å². The van der Waals surface area contributed by atoms with E-state index in [-0.39, 0.29) is 41.7 Å². The number of pyridine rings is 1. The summed E-state index contributed by atoms with van der Waals surface area (Å²) in [6, 6.07) is 6.73. The van der Waals surface area contributed by atoms with Gasteiger partial charge in [-0.05, 0) is 43.0 Å². The number of methoxy groups -OCH3 is 1. The molecule has 4 aromatic rings. The van der Waals surface area contributed by atoms with Gasteiger partial charge in [-0.15, -0.1) is 0 Å². The van der Waals surface area contributed by atoms with Gasteiger partial charge in [-0.25, -0.2) is 29.8 Å². The van der Waals surface area contributed by atoms with Gasteiger partial charge in [0.1, 0.15) is 11.4 Å². The first-order valence-electron chi connectivity index (χ1n) is 12.3. The Labute approximate surface area is 227 Å². The molecule has 5 rings (SSSR count). The number of ether oxygens (including phenoxy) is 2. The zero-order chi connectivity index (χ0) is 28.2. The quantitative estimate of drug-likeness (QED) is 0.291. The van der Waals surface area contributed by atoms with Crippen LogP contribution in [0.4, 0.5) is 14.6 Å². The van der Waals surface area contributed by atoms with Crippen LogP contribution in [0.2, 0.25) is 0 Å². The average Bonchev–Trinajstić information content (AvgIpc) is 3.68. The minimum absolute atomic E-state index is 0.0467. The van der Waals surface area contributed by atoms with Gasteiger partial charge in [0, 0.05) is 29.9 Å². The van der Waals surface area contributed by atoms with Crippen LogP contribution in [-0.2, 0) is 11.3 Å². The number of aromatic nitrogens is 4. The predicted octanol–water partition coefficient (Wildman–Crippen LogP) is 3.65. The lowest BCUT2D eigenvalue weighted by molar-refractivity contribution is -0.114. The SMILES string of the molecule is [C-]#[N+]CC(=O)Nc1cn2nc(-c3cnc(OC)c(C(=O)NCc4cc(F)cc(F)c4OCC4CC4)c3)ccc2n1. The number of amides is 2. The first kappa shape index (κ1) is 26.5. The van der Waals surface area contributed by atoms with E-state index in [9.17, 15) is 18.4 Å². The van der Waals surface area contributed by atoms with E-state index < -0.39 is 23.4 Å². The number of hydrogen-bond acceptors (Lipinski definition) is 7. The molecular weight excluding hydrogens is 524 g/mol. The molecule has 11 nitrogen and oxygen atoms in total. The average molecular weight is 548 g/mol. The second-order valence-corrected chi connectivity index (χ2v) is 9.11. The fourth-order valence-electron chi connectivity index (χ4n) is 3.93. The molecule has 0 unspecified atom stereocenters. The highest BCUT2D eigenvalue weighted by molar-refractivity contribution is 5.97. The van der Waals surface area contributed by atoms with E-state index in [0.29, 0.717) is 29.4 Å². The van der Waals surface area contributed by atoms with E-state index >= 15 is 0 Å². The number of rotatable bonds is 10. The number of halogens is 2. The molecular formula is C27H23F2N7O4. The lowest BCUT2D eigenvalue weighted by atomic mass is 10.1. The van der Waals surface area contributed by atoms with Crippen LogP contribution in [0.25, 0.3) is 21.7 Å². The van der Waals surface area contributed by atoms with Crippen LogP contribution in [-0.4, -0.2) is 51.7 Å². The zero-order valence-electron chi connectivity index (χ0n) is 21.3. The summed E-state index contributed by atoms with van der Waals surface area (Å²) >= 11 is 0. The van der Waals surface area contributed by atoms with E-state index in [1.54, 1.807) is 12.1 Å². The molecule has 0 aliphatic heterocycles. The number of imidazole rings is 1. The lowest BCUT2D eigenvalue weighted by Gasteiger charge is -2.14. The molecule has 2 N–H and O–H groups in total. The number of hydrogen-bond donors (Lipinski definition) is 2. The minimum atomic E-state index is -0.832. The standard InChI is InChI=1S/C27H23F2N7O4/c1-30-12-24(37)34-22-13-36-23(33-22)6-5-21(35-36)16-8-19(27(39-2)32-10-16)26(38)31-11-17-7-18(28)9-20(29)25(17)40-14-15-3-4-15/h5-10,13,15H,3-4,11-12,14H2,2H3,(H,31,38)(H,34,37). The monoisotopic (exact) mass is 547 g/mol. The van der Waals surface area contributed by atoms with Crippen molar-refractivity contribution in [1.29, 1.82) is 0 Å². The molecule has 0 spiro atoms. The van der Waals surface area contributed by atoms with Crippen LogP contribution in [0.5, 0.6) is 11.6 Å². The lowest BCUT2D eigenvalue weighted by Crippen LogP contribution is -2.24. The first-order chi connectivity index (χ1) is 19.3. The topological polar surface area (TPSA) is 124 Å². The highest BCUT2D eigenvalue weighted by Gasteiger charge is 2.24. The van der Waals surface area contributed by atoms with Gasteiger partial charge in [0.25, 0.3) is 12.5 Å². The van der Waals surface area contributed by atoms with E-state index in [0.717, 1.165) is 25.0 Å². The number of fused-ring (bicyclic) bond motifs is 1. The highest BCUT2D eigenvalue weighted by atomic mass is 19.1. The van der Waals surface area contributed by atoms with Gasteiger partial charge < -0.3 is 25.0 Å². The van der Waals surface area contributed by atoms with Crippen LogP contribution in [0.15, 0.2) is 42.7 Å². The van der Waals surface area contributed by atoms with Crippen molar-refractivity contribution in [3.05, 3.63) is 76.9 Å². The Bertz CT molecular complexity index is 1650. The van der Waals surface area contributed by atoms with E-state index in [4.69, 9.17) is 16.0 Å². The number of nitrogens with one attached hydrogen (secondary N) is 2. The van der Waals surface area contributed by atoms with E-state index in [2.05, 4.69) is 30.5 Å². The molecule has 0 radical (unpaired) electrons. The Kier molecular flexibility index (Phi) is 7.50. The van der Waals surface area contributed by atoms with Gasteiger partial charge in [-0.2, -0.15) is 5.10 Å². The Morgan fingerprint density at radius 1 is 1.23 bits per heavy atom. The summed E-state index contributed by atoms with van der Waals surface area (Å²) in [6.07, 6.45) is 4.97. The number of carbonyl (C=O) groups excluding carboxylic acids is 2. The van der Waals surface area contributed by atoms with E-state index in [1.807, 2.05) is 0 Å². The molecule has 204 valence electrons. The van der Waals surface area contributed by atoms with Crippen molar-refractivity contribution in [3.8, 4) is 22.9 Å². The zero-order valence-corrected chi connectivity index (χ0v) is 21.3. The van der Waals surface area contributed by atoms with Crippen LogP contribution < -0.4 is 20.1 Å². The Hall–Kier alpha value is -5.12. The molecule has 13 heteroatoms. The van der Waals surface area contributed by atoms with Crippen LogP contribution >= 0.6 is 0 Å². The summed E-state index contributed by atoms with van der Waals surface area (Å²) in [5.74, 6) is -2.14. The number of carbonyl (C=O) groups is 2. The Morgan fingerprint density at radius 3 is 2.80 bits per heavy atom. The van der Waals surface area contributed by atoms with Gasteiger partial charge in [-0.3, -0.25) is 9.59 Å². The second-order valence-electron chi connectivity index (χ2n) is 9.11. The maximum atomic E-state index is 14.4. The molecule has 1 fully saturated rings. The third kappa shape index (κ3) is 5.96. The number of nitrogens with zero attached hydrogens (tertiary/aromatic N) is 5. The Balaban J connectivity index is 1.36. The molecule has 0 atom stereocenters. The van der Waals surface area contributed by atoms with Crippen LogP contribution in [0.3, 0.4) is 0 Å². The molecule has 40 heavy (non-hydrogen) atoms. The van der Waals surface area contributed by atoms with Crippen molar-refractivity contribution >= 4 is 23.3 Å². The van der Waals surface area contributed by atoms with Crippen LogP contribution in [0.1, 0.15) is 28.8 Å². The molecule has 2 amide bonds.